The van der Waals surface area contributed by atoms with Gasteiger partial charge in [0.15, 0.2) is 0 Å². The first kappa shape index (κ1) is 11.3. The molecule has 2 fully saturated rings. The highest BCUT2D eigenvalue weighted by Gasteiger charge is 2.36. The number of para-hydroxylation sites is 1. The fourth-order valence-corrected chi connectivity index (χ4v) is 4.02. The highest BCUT2D eigenvalue weighted by Crippen LogP contribution is 2.41. The molecule has 0 amide bonds. The van der Waals surface area contributed by atoms with Gasteiger partial charge in [0.25, 0.3) is 0 Å². The van der Waals surface area contributed by atoms with E-state index in [2.05, 4.69) is 41.1 Å². The van der Waals surface area contributed by atoms with E-state index in [1.807, 2.05) is 6.20 Å². The lowest BCUT2D eigenvalue weighted by atomic mass is 10.0. The van der Waals surface area contributed by atoms with Crippen LogP contribution in [0.1, 0.15) is 24.8 Å². The highest BCUT2D eigenvalue weighted by atomic mass is 15.2. The van der Waals surface area contributed by atoms with Crippen LogP contribution in [-0.4, -0.2) is 18.1 Å². The van der Waals surface area contributed by atoms with Crippen molar-refractivity contribution in [3.8, 4) is 0 Å². The number of fused-ring (bicyclic) bond motifs is 2. The molecule has 2 aliphatic rings. The summed E-state index contributed by atoms with van der Waals surface area (Å²) in [6, 6.07) is 8.72. The van der Waals surface area contributed by atoms with E-state index in [4.69, 9.17) is 0 Å². The van der Waals surface area contributed by atoms with Crippen molar-refractivity contribution in [1.29, 1.82) is 0 Å². The number of aromatic nitrogens is 1. The first-order valence-electron chi connectivity index (χ1n) is 7.42. The molecule has 98 valence electrons. The molecule has 19 heavy (non-hydrogen) atoms. The summed E-state index contributed by atoms with van der Waals surface area (Å²) in [4.78, 5) is 7.15. The molecular weight excluding hydrogens is 232 g/mol. The van der Waals surface area contributed by atoms with Gasteiger partial charge < -0.3 is 4.90 Å². The predicted octanol–water partition coefficient (Wildman–Crippen LogP) is 3.78. The quantitative estimate of drug-likeness (QED) is 0.768. The van der Waals surface area contributed by atoms with Crippen LogP contribution in [0.3, 0.4) is 0 Å². The summed E-state index contributed by atoms with van der Waals surface area (Å²) in [6.45, 7) is 4.65. The first-order chi connectivity index (χ1) is 9.33. The molecular formula is C17H20N2. The molecule has 1 aromatic heterocycles. The van der Waals surface area contributed by atoms with Gasteiger partial charge in [0.1, 0.15) is 0 Å². The minimum absolute atomic E-state index is 0.938. The predicted molar refractivity (Wildman–Crippen MR) is 79.5 cm³/mol. The molecule has 1 aromatic carbocycles. The standard InChI is InChI=1S/C17H20N2/c1-12-4-2-7-15-16(8-9-18-17(12)15)19-10-13-5-3-6-14(13)11-19/h2,4,7-9,13-14H,3,5-6,10-11H2,1H3. The zero-order chi connectivity index (χ0) is 12.8. The molecule has 0 bridgehead atoms. The summed E-state index contributed by atoms with van der Waals surface area (Å²) >= 11 is 0. The molecule has 1 aliphatic heterocycles. The molecule has 4 rings (SSSR count). The van der Waals surface area contributed by atoms with Gasteiger partial charge in [-0.25, -0.2) is 0 Å². The van der Waals surface area contributed by atoms with E-state index in [1.165, 1.54) is 49.0 Å². The first-order valence-corrected chi connectivity index (χ1v) is 7.42. The lowest BCUT2D eigenvalue weighted by Gasteiger charge is -2.21. The Morgan fingerprint density at radius 2 is 1.89 bits per heavy atom. The van der Waals surface area contributed by atoms with E-state index >= 15 is 0 Å². The Hall–Kier alpha value is -1.57. The molecule has 2 atom stereocenters. The van der Waals surface area contributed by atoms with Crippen molar-refractivity contribution in [1.82, 2.24) is 4.98 Å². The van der Waals surface area contributed by atoms with Crippen molar-refractivity contribution < 1.29 is 0 Å². The van der Waals surface area contributed by atoms with Crippen LogP contribution in [0.4, 0.5) is 5.69 Å². The van der Waals surface area contributed by atoms with E-state index in [0.29, 0.717) is 0 Å². The molecule has 2 nitrogen and oxygen atoms in total. The summed E-state index contributed by atoms with van der Waals surface area (Å²) in [5.74, 6) is 1.88. The van der Waals surface area contributed by atoms with Crippen molar-refractivity contribution in [2.24, 2.45) is 11.8 Å². The van der Waals surface area contributed by atoms with Crippen molar-refractivity contribution in [2.75, 3.05) is 18.0 Å². The van der Waals surface area contributed by atoms with Crippen LogP contribution in [0.5, 0.6) is 0 Å². The van der Waals surface area contributed by atoms with Crippen LogP contribution >= 0.6 is 0 Å². The second-order valence-electron chi connectivity index (χ2n) is 6.16. The largest absolute Gasteiger partial charge is 0.370 e. The van der Waals surface area contributed by atoms with Crippen LogP contribution in [0.2, 0.25) is 0 Å². The van der Waals surface area contributed by atoms with E-state index in [-0.39, 0.29) is 0 Å². The average molecular weight is 252 g/mol. The molecule has 0 radical (unpaired) electrons. The molecule has 2 heterocycles. The van der Waals surface area contributed by atoms with Gasteiger partial charge in [0.2, 0.25) is 0 Å². The summed E-state index contributed by atoms with van der Waals surface area (Å²) < 4.78 is 0. The summed E-state index contributed by atoms with van der Waals surface area (Å²) in [7, 11) is 0. The summed E-state index contributed by atoms with van der Waals surface area (Å²) in [5, 5.41) is 1.32. The van der Waals surface area contributed by atoms with E-state index in [1.54, 1.807) is 0 Å². The third-order valence-corrected chi connectivity index (χ3v) is 5.02. The number of rotatable bonds is 1. The second kappa shape index (κ2) is 4.22. The Kier molecular flexibility index (Phi) is 2.51. The number of hydrogen-bond acceptors (Lipinski definition) is 2. The Morgan fingerprint density at radius 3 is 2.68 bits per heavy atom. The van der Waals surface area contributed by atoms with Crippen LogP contribution in [0, 0.1) is 18.8 Å². The Labute approximate surface area is 114 Å². The van der Waals surface area contributed by atoms with Crippen LogP contribution in [0.15, 0.2) is 30.5 Å². The van der Waals surface area contributed by atoms with E-state index < -0.39 is 0 Å². The van der Waals surface area contributed by atoms with Crippen LogP contribution in [-0.2, 0) is 0 Å². The Bertz CT molecular complexity index is 608. The maximum atomic E-state index is 4.56. The number of anilines is 1. The van der Waals surface area contributed by atoms with Gasteiger partial charge in [-0.05, 0) is 43.2 Å². The Balaban J connectivity index is 1.77. The van der Waals surface area contributed by atoms with Gasteiger partial charge in [0, 0.05) is 30.4 Å². The normalized spacial score (nSPS) is 26.1. The number of nitrogens with zero attached hydrogens (tertiary/aromatic N) is 2. The molecule has 0 spiro atoms. The molecule has 0 N–H and O–H groups in total. The minimum atomic E-state index is 0.938. The van der Waals surface area contributed by atoms with Crippen molar-refractivity contribution in [3.05, 3.63) is 36.0 Å². The molecule has 2 aromatic rings. The zero-order valence-electron chi connectivity index (χ0n) is 11.5. The van der Waals surface area contributed by atoms with Gasteiger partial charge >= 0.3 is 0 Å². The monoisotopic (exact) mass is 252 g/mol. The van der Waals surface area contributed by atoms with Gasteiger partial charge in [-0.3, -0.25) is 4.98 Å². The third-order valence-electron chi connectivity index (χ3n) is 5.02. The van der Waals surface area contributed by atoms with E-state index in [9.17, 15) is 0 Å². The minimum Gasteiger partial charge on any atom is -0.370 e. The molecule has 2 heteroatoms. The zero-order valence-corrected chi connectivity index (χ0v) is 11.5. The average Bonchev–Trinajstić information content (AvgIpc) is 2.99. The van der Waals surface area contributed by atoms with Crippen molar-refractivity contribution in [3.63, 3.8) is 0 Å². The fourth-order valence-electron chi connectivity index (χ4n) is 4.02. The maximum Gasteiger partial charge on any atom is 0.0751 e. The highest BCUT2D eigenvalue weighted by molar-refractivity contribution is 5.93. The topological polar surface area (TPSA) is 16.1 Å². The fraction of sp³-hybridized carbons (Fsp3) is 0.471. The smallest absolute Gasteiger partial charge is 0.0751 e. The van der Waals surface area contributed by atoms with Gasteiger partial charge in [0.05, 0.1) is 5.52 Å². The van der Waals surface area contributed by atoms with Gasteiger partial charge in [-0.2, -0.15) is 0 Å². The van der Waals surface area contributed by atoms with Crippen molar-refractivity contribution >= 4 is 16.6 Å². The molecule has 1 aliphatic carbocycles. The number of hydrogen-bond donors (Lipinski definition) is 0. The molecule has 1 saturated heterocycles. The maximum absolute atomic E-state index is 4.56. The van der Waals surface area contributed by atoms with Crippen LogP contribution in [0.25, 0.3) is 10.9 Å². The van der Waals surface area contributed by atoms with Gasteiger partial charge in [-0.1, -0.05) is 24.6 Å². The Morgan fingerprint density at radius 1 is 1.11 bits per heavy atom. The number of benzene rings is 1. The SMILES string of the molecule is Cc1cccc2c(N3CC4CCCC4C3)ccnc12. The van der Waals surface area contributed by atoms with E-state index in [0.717, 1.165) is 17.4 Å². The van der Waals surface area contributed by atoms with Crippen LogP contribution < -0.4 is 4.90 Å². The summed E-state index contributed by atoms with van der Waals surface area (Å²) in [6.07, 6.45) is 6.28. The van der Waals surface area contributed by atoms with Crippen molar-refractivity contribution in [2.45, 2.75) is 26.2 Å². The third kappa shape index (κ3) is 1.73. The van der Waals surface area contributed by atoms with Gasteiger partial charge in [-0.15, -0.1) is 0 Å². The summed E-state index contributed by atoms with van der Waals surface area (Å²) in [5.41, 5.74) is 3.83. The second-order valence-corrected chi connectivity index (χ2v) is 6.16. The lowest BCUT2D eigenvalue weighted by molar-refractivity contribution is 0.494. The molecule has 1 saturated carbocycles. The lowest BCUT2D eigenvalue weighted by Crippen LogP contribution is -2.21. The number of aryl methyl sites for hydroxylation is 1. The number of pyridine rings is 1. The molecule has 2 unspecified atom stereocenters.